The molecule has 2 heterocycles. The van der Waals surface area contributed by atoms with E-state index in [0.717, 1.165) is 30.4 Å². The summed E-state index contributed by atoms with van der Waals surface area (Å²) in [5.74, 6) is -0.147. The number of carbonyl (C=O) groups is 2. The summed E-state index contributed by atoms with van der Waals surface area (Å²) in [6.45, 7) is 11.5. The van der Waals surface area contributed by atoms with Crippen molar-refractivity contribution in [3.63, 3.8) is 0 Å². The predicted octanol–water partition coefficient (Wildman–Crippen LogP) is 3.73. The summed E-state index contributed by atoms with van der Waals surface area (Å²) in [6, 6.07) is 0. The lowest BCUT2D eigenvalue weighted by Crippen LogP contribution is -2.54. The van der Waals surface area contributed by atoms with Crippen molar-refractivity contribution in [2.75, 3.05) is 0 Å². The molecule has 0 radical (unpaired) electrons. The molecule has 1 fully saturated rings. The second-order valence-corrected chi connectivity index (χ2v) is 8.24. The largest absolute Gasteiger partial charge is 0.451 e. The number of ether oxygens (including phenoxy) is 1. The van der Waals surface area contributed by atoms with Gasteiger partial charge in [0.25, 0.3) is 0 Å². The normalized spacial score (nSPS) is 37.4. The monoisotopic (exact) mass is 334 g/mol. The van der Waals surface area contributed by atoms with Gasteiger partial charge < -0.3 is 9.84 Å². The van der Waals surface area contributed by atoms with Crippen LogP contribution in [0.3, 0.4) is 0 Å². The van der Waals surface area contributed by atoms with Crippen molar-refractivity contribution in [2.45, 2.75) is 77.9 Å². The van der Waals surface area contributed by atoms with Crippen LogP contribution in [0.5, 0.6) is 0 Å². The van der Waals surface area contributed by atoms with Crippen molar-refractivity contribution in [2.24, 2.45) is 11.3 Å². The minimum absolute atomic E-state index is 0.0175. The third-order valence-corrected chi connectivity index (χ3v) is 5.64. The molecule has 0 aromatic heterocycles. The quantitative estimate of drug-likeness (QED) is 0.541. The molecule has 0 aromatic carbocycles. The van der Waals surface area contributed by atoms with E-state index in [1.807, 2.05) is 13.8 Å². The number of hydrogen-bond acceptors (Lipinski definition) is 4. The molecule has 3 rings (SSSR count). The zero-order valence-electron chi connectivity index (χ0n) is 15.4. The molecule has 4 nitrogen and oxygen atoms in total. The standard InChI is InChI=1S/C20H30O4/c1-13-6-7-15-8-9-20(5,18(23)19(15,3)4)24-17(22)12-14(2)11-16(21)10-13/h11,15-16,21H,1,6-10,12H2,2-5H3/b14-11-/t15-,16+,20+/m1/s1. The summed E-state index contributed by atoms with van der Waals surface area (Å²) < 4.78 is 5.62. The Morgan fingerprint density at radius 2 is 1.92 bits per heavy atom. The lowest BCUT2D eigenvalue weighted by molar-refractivity contribution is -0.176. The Kier molecular flexibility index (Phi) is 5.38. The molecule has 2 bridgehead atoms. The lowest BCUT2D eigenvalue weighted by atomic mass is 9.61. The second-order valence-electron chi connectivity index (χ2n) is 8.24. The highest BCUT2D eigenvalue weighted by Gasteiger charge is 2.52. The van der Waals surface area contributed by atoms with E-state index in [1.165, 1.54) is 0 Å². The molecular weight excluding hydrogens is 304 g/mol. The summed E-state index contributed by atoms with van der Waals surface area (Å²) in [4.78, 5) is 25.3. The molecule has 0 amide bonds. The Hall–Kier alpha value is -1.42. The first-order valence-corrected chi connectivity index (χ1v) is 8.83. The third kappa shape index (κ3) is 3.97. The minimum atomic E-state index is -1.04. The van der Waals surface area contributed by atoms with E-state index in [4.69, 9.17) is 4.74 Å². The van der Waals surface area contributed by atoms with Crippen LogP contribution in [0.1, 0.15) is 66.2 Å². The van der Waals surface area contributed by atoms with Gasteiger partial charge in [0.05, 0.1) is 12.5 Å². The summed E-state index contributed by atoms with van der Waals surface area (Å²) in [7, 11) is 0. The molecule has 3 aliphatic rings. The van der Waals surface area contributed by atoms with Gasteiger partial charge in [0.2, 0.25) is 0 Å². The first-order chi connectivity index (χ1) is 11.0. The zero-order chi connectivity index (χ0) is 18.1. The number of ketones is 1. The zero-order valence-corrected chi connectivity index (χ0v) is 15.4. The van der Waals surface area contributed by atoms with Crippen LogP contribution >= 0.6 is 0 Å². The fraction of sp³-hybridized carbons (Fsp3) is 0.700. The number of rotatable bonds is 0. The number of esters is 1. The van der Waals surface area contributed by atoms with Gasteiger partial charge in [0.1, 0.15) is 0 Å². The maximum absolute atomic E-state index is 13.0. The van der Waals surface area contributed by atoms with Gasteiger partial charge in [-0.05, 0) is 51.9 Å². The Bertz CT molecular complexity index is 572. The van der Waals surface area contributed by atoms with Crippen LogP contribution in [0.2, 0.25) is 0 Å². The van der Waals surface area contributed by atoms with Gasteiger partial charge in [-0.15, -0.1) is 0 Å². The van der Waals surface area contributed by atoms with Gasteiger partial charge in [0, 0.05) is 5.41 Å². The van der Waals surface area contributed by atoms with Crippen LogP contribution in [0.25, 0.3) is 0 Å². The van der Waals surface area contributed by atoms with Crippen molar-refractivity contribution in [1.82, 2.24) is 0 Å². The topological polar surface area (TPSA) is 63.6 Å². The van der Waals surface area contributed by atoms with E-state index in [2.05, 4.69) is 6.58 Å². The number of Topliss-reactive ketones (excluding diaryl/α,β-unsaturated/α-hetero) is 1. The molecule has 0 aromatic rings. The van der Waals surface area contributed by atoms with Crippen molar-refractivity contribution < 1.29 is 19.4 Å². The van der Waals surface area contributed by atoms with Crippen LogP contribution in [-0.4, -0.2) is 28.6 Å². The Morgan fingerprint density at radius 1 is 1.25 bits per heavy atom. The van der Waals surface area contributed by atoms with Gasteiger partial charge in [-0.25, -0.2) is 0 Å². The van der Waals surface area contributed by atoms with Gasteiger partial charge in [0.15, 0.2) is 11.4 Å². The van der Waals surface area contributed by atoms with Gasteiger partial charge >= 0.3 is 5.97 Å². The fourth-order valence-electron chi connectivity index (χ4n) is 4.13. The first-order valence-electron chi connectivity index (χ1n) is 8.83. The van der Waals surface area contributed by atoms with Crippen molar-refractivity contribution in [3.05, 3.63) is 23.8 Å². The molecule has 24 heavy (non-hydrogen) atoms. The van der Waals surface area contributed by atoms with Gasteiger partial charge in [-0.2, -0.15) is 0 Å². The Balaban J connectivity index is 2.33. The molecule has 2 aliphatic heterocycles. The highest BCUT2D eigenvalue weighted by Crippen LogP contribution is 2.46. The minimum Gasteiger partial charge on any atom is -0.451 e. The van der Waals surface area contributed by atoms with E-state index >= 15 is 0 Å². The summed E-state index contributed by atoms with van der Waals surface area (Å²) in [5, 5.41) is 10.1. The highest BCUT2D eigenvalue weighted by atomic mass is 16.6. The van der Waals surface area contributed by atoms with Crippen LogP contribution in [-0.2, 0) is 14.3 Å². The van der Waals surface area contributed by atoms with E-state index in [0.29, 0.717) is 12.8 Å². The van der Waals surface area contributed by atoms with Gasteiger partial charge in [-0.1, -0.05) is 37.6 Å². The smallest absolute Gasteiger partial charge is 0.310 e. The number of hydrogen-bond donors (Lipinski definition) is 1. The average Bonchev–Trinajstić information content (AvgIpc) is 2.42. The Labute approximate surface area is 145 Å². The van der Waals surface area contributed by atoms with E-state index in [9.17, 15) is 14.7 Å². The SMILES string of the molecule is C=C1CC[C@@H]2CC[C@](C)(OC(=O)C/C(C)=C\[C@@H](O)C1)C(=O)C2(C)C. The average molecular weight is 334 g/mol. The van der Waals surface area contributed by atoms with E-state index < -0.39 is 23.1 Å². The van der Waals surface area contributed by atoms with E-state index in [1.54, 1.807) is 19.9 Å². The summed E-state index contributed by atoms with van der Waals surface area (Å²) in [6.07, 6.45) is 4.75. The molecule has 4 heteroatoms. The second kappa shape index (κ2) is 6.83. The van der Waals surface area contributed by atoms with Crippen LogP contribution in [0.4, 0.5) is 0 Å². The number of aliphatic hydroxyl groups excluding tert-OH is 1. The summed E-state index contributed by atoms with van der Waals surface area (Å²) in [5.41, 5.74) is 0.169. The summed E-state index contributed by atoms with van der Waals surface area (Å²) >= 11 is 0. The third-order valence-electron chi connectivity index (χ3n) is 5.64. The molecule has 1 N–H and O–H groups in total. The number of fused-ring (bicyclic) bond motifs is 10. The first kappa shape index (κ1) is 18.9. The van der Waals surface area contributed by atoms with Crippen molar-refractivity contribution in [1.29, 1.82) is 0 Å². The maximum atomic E-state index is 13.0. The number of carbonyl (C=O) groups excluding carboxylic acids is 2. The molecule has 0 spiro atoms. The molecule has 1 aliphatic carbocycles. The molecule has 1 saturated carbocycles. The fourth-order valence-corrected chi connectivity index (χ4v) is 4.13. The van der Waals surface area contributed by atoms with E-state index in [-0.39, 0.29) is 18.1 Å². The maximum Gasteiger partial charge on any atom is 0.310 e. The predicted molar refractivity (Wildman–Crippen MR) is 93.4 cm³/mol. The number of aliphatic hydroxyl groups is 1. The van der Waals surface area contributed by atoms with Crippen molar-refractivity contribution >= 4 is 11.8 Å². The lowest BCUT2D eigenvalue weighted by Gasteiger charge is -2.45. The molecule has 0 saturated heterocycles. The molecular formula is C20H30O4. The van der Waals surface area contributed by atoms with Crippen molar-refractivity contribution in [3.8, 4) is 0 Å². The Morgan fingerprint density at radius 3 is 2.58 bits per heavy atom. The van der Waals surface area contributed by atoms with Crippen LogP contribution in [0, 0.1) is 11.3 Å². The van der Waals surface area contributed by atoms with Gasteiger partial charge in [-0.3, -0.25) is 9.59 Å². The molecule has 134 valence electrons. The van der Waals surface area contributed by atoms with Crippen LogP contribution in [0.15, 0.2) is 23.8 Å². The molecule has 0 unspecified atom stereocenters. The molecule has 3 atom stereocenters. The van der Waals surface area contributed by atoms with Crippen LogP contribution < -0.4 is 0 Å². The highest BCUT2D eigenvalue weighted by molar-refractivity contribution is 5.94.